The number of hydrogen-bond donors (Lipinski definition) is 1. The van der Waals surface area contributed by atoms with Gasteiger partial charge in [-0.1, -0.05) is 18.2 Å². The molecule has 0 spiro atoms. The normalized spacial score (nSPS) is 14.5. The maximum absolute atomic E-state index is 12.2. The molecule has 5 nitrogen and oxygen atoms in total. The summed E-state index contributed by atoms with van der Waals surface area (Å²) in [5.74, 6) is 1.38. The molecule has 1 aliphatic rings. The molecule has 3 rings (SSSR count). The summed E-state index contributed by atoms with van der Waals surface area (Å²) in [6.07, 6.45) is 2.14. The molecule has 0 saturated heterocycles. The molecule has 0 atom stereocenters. The highest BCUT2D eigenvalue weighted by molar-refractivity contribution is 5.97. The van der Waals surface area contributed by atoms with Crippen LogP contribution in [-0.2, 0) is 11.2 Å². The third-order valence-electron chi connectivity index (χ3n) is 3.99. The van der Waals surface area contributed by atoms with Gasteiger partial charge in [-0.3, -0.25) is 4.79 Å². The second kappa shape index (κ2) is 6.69. The molecule has 5 heteroatoms. The number of para-hydroxylation sites is 1. The highest BCUT2D eigenvalue weighted by Gasteiger charge is 2.18. The van der Waals surface area contributed by atoms with Gasteiger partial charge in [0.15, 0.2) is 0 Å². The van der Waals surface area contributed by atoms with Crippen molar-refractivity contribution in [1.82, 2.24) is 5.43 Å². The smallest absolute Gasteiger partial charge is 0.259 e. The van der Waals surface area contributed by atoms with Crippen molar-refractivity contribution in [2.24, 2.45) is 5.10 Å². The molecule has 0 fully saturated rings. The minimum atomic E-state index is -0.121. The predicted octanol–water partition coefficient (Wildman–Crippen LogP) is 2.88. The van der Waals surface area contributed by atoms with Crippen molar-refractivity contribution in [3.8, 4) is 0 Å². The van der Waals surface area contributed by atoms with Crippen molar-refractivity contribution >= 4 is 17.3 Å². The Morgan fingerprint density at radius 3 is 2.91 bits per heavy atom. The number of benzene rings is 1. The molecular formula is C18H21N3O2. The van der Waals surface area contributed by atoms with E-state index in [1.807, 2.05) is 38.1 Å². The zero-order valence-corrected chi connectivity index (χ0v) is 13.5. The average Bonchev–Trinajstić information content (AvgIpc) is 2.99. The van der Waals surface area contributed by atoms with Crippen LogP contribution in [-0.4, -0.2) is 24.7 Å². The number of hydrogen-bond acceptors (Lipinski definition) is 4. The number of nitrogens with one attached hydrogen (secondary N) is 1. The molecule has 120 valence electrons. The molecular weight excluding hydrogens is 290 g/mol. The molecule has 0 aliphatic carbocycles. The van der Waals surface area contributed by atoms with Gasteiger partial charge in [-0.05, 0) is 50.5 Å². The van der Waals surface area contributed by atoms with Gasteiger partial charge in [-0.15, -0.1) is 0 Å². The lowest BCUT2D eigenvalue weighted by atomic mass is 10.0. The van der Waals surface area contributed by atoms with Gasteiger partial charge < -0.3 is 9.32 Å². The number of carbonyl (C=O) groups is 1. The van der Waals surface area contributed by atoms with Crippen LogP contribution in [0.15, 0.2) is 45.9 Å². The third kappa shape index (κ3) is 3.62. The van der Waals surface area contributed by atoms with Crippen molar-refractivity contribution in [3.05, 3.63) is 53.5 Å². The largest absolute Gasteiger partial charge is 0.460 e. The molecule has 2 aromatic rings. The standard InChI is InChI=1S/C18H21N3O2/c1-13-9-10-17(23-13)14(2)19-20-18(22)12-21-11-5-7-15-6-3-4-8-16(15)21/h3-4,6,8-10H,5,7,11-12H2,1-2H3,(H,20,22)/b19-14-. The summed E-state index contributed by atoms with van der Waals surface area (Å²) in [7, 11) is 0. The van der Waals surface area contributed by atoms with Crippen LogP contribution in [0.5, 0.6) is 0 Å². The van der Waals surface area contributed by atoms with Gasteiger partial charge in [0.2, 0.25) is 0 Å². The van der Waals surface area contributed by atoms with E-state index < -0.39 is 0 Å². The summed E-state index contributed by atoms with van der Waals surface area (Å²) < 4.78 is 5.48. The molecule has 1 aromatic heterocycles. The second-order valence-corrected chi connectivity index (χ2v) is 5.80. The summed E-state index contributed by atoms with van der Waals surface area (Å²) in [4.78, 5) is 14.3. The Balaban J connectivity index is 1.62. The van der Waals surface area contributed by atoms with Crippen LogP contribution in [0.25, 0.3) is 0 Å². The van der Waals surface area contributed by atoms with E-state index in [1.165, 1.54) is 5.56 Å². The zero-order chi connectivity index (χ0) is 16.2. The molecule has 1 aliphatic heterocycles. The highest BCUT2D eigenvalue weighted by atomic mass is 16.3. The van der Waals surface area contributed by atoms with Gasteiger partial charge in [0.1, 0.15) is 17.2 Å². The first-order valence-corrected chi connectivity index (χ1v) is 7.86. The second-order valence-electron chi connectivity index (χ2n) is 5.80. The third-order valence-corrected chi connectivity index (χ3v) is 3.99. The van der Waals surface area contributed by atoms with Crippen molar-refractivity contribution in [2.75, 3.05) is 18.0 Å². The summed E-state index contributed by atoms with van der Waals surface area (Å²) in [5.41, 5.74) is 5.73. The first-order chi connectivity index (χ1) is 11.1. The van der Waals surface area contributed by atoms with Crippen molar-refractivity contribution in [2.45, 2.75) is 26.7 Å². The van der Waals surface area contributed by atoms with Crippen LogP contribution >= 0.6 is 0 Å². The number of rotatable bonds is 4. The number of anilines is 1. The van der Waals surface area contributed by atoms with Crippen LogP contribution in [0.4, 0.5) is 5.69 Å². The average molecular weight is 311 g/mol. The molecule has 0 unspecified atom stereocenters. The minimum absolute atomic E-state index is 0.121. The van der Waals surface area contributed by atoms with Crippen LogP contribution in [0.1, 0.15) is 30.4 Å². The maximum atomic E-state index is 12.2. The monoisotopic (exact) mass is 311 g/mol. The number of hydrazone groups is 1. The van der Waals surface area contributed by atoms with E-state index >= 15 is 0 Å². The topological polar surface area (TPSA) is 57.8 Å². The van der Waals surface area contributed by atoms with E-state index in [1.54, 1.807) is 0 Å². The Morgan fingerprint density at radius 1 is 1.30 bits per heavy atom. The van der Waals surface area contributed by atoms with E-state index in [-0.39, 0.29) is 5.91 Å². The van der Waals surface area contributed by atoms with E-state index in [2.05, 4.69) is 27.6 Å². The molecule has 1 N–H and O–H groups in total. The number of aryl methyl sites for hydroxylation is 2. The zero-order valence-electron chi connectivity index (χ0n) is 13.5. The molecule has 0 bridgehead atoms. The molecule has 23 heavy (non-hydrogen) atoms. The lowest BCUT2D eigenvalue weighted by Crippen LogP contribution is -2.38. The number of furan rings is 1. The SMILES string of the molecule is C/C(=N/NC(=O)CN1CCCc2ccccc21)c1ccc(C)o1. The first-order valence-electron chi connectivity index (χ1n) is 7.86. The number of amides is 1. The van der Waals surface area contributed by atoms with Crippen LogP contribution < -0.4 is 10.3 Å². The van der Waals surface area contributed by atoms with Gasteiger partial charge in [0.05, 0.1) is 6.54 Å². The van der Waals surface area contributed by atoms with E-state index in [4.69, 9.17) is 4.42 Å². The number of carbonyl (C=O) groups excluding carboxylic acids is 1. The Hall–Kier alpha value is -2.56. The lowest BCUT2D eigenvalue weighted by Gasteiger charge is -2.30. The minimum Gasteiger partial charge on any atom is -0.460 e. The van der Waals surface area contributed by atoms with Crippen LogP contribution in [0.2, 0.25) is 0 Å². The fourth-order valence-corrected chi connectivity index (χ4v) is 2.81. The molecule has 0 radical (unpaired) electrons. The molecule has 1 amide bonds. The Bertz CT molecular complexity index is 733. The molecule has 0 saturated carbocycles. The van der Waals surface area contributed by atoms with Crippen molar-refractivity contribution in [1.29, 1.82) is 0 Å². The van der Waals surface area contributed by atoms with E-state index in [0.717, 1.165) is 30.8 Å². The maximum Gasteiger partial charge on any atom is 0.259 e. The van der Waals surface area contributed by atoms with Crippen LogP contribution in [0, 0.1) is 6.92 Å². The summed E-state index contributed by atoms with van der Waals surface area (Å²) in [5, 5.41) is 4.13. The predicted molar refractivity (Wildman–Crippen MR) is 90.8 cm³/mol. The Kier molecular flexibility index (Phi) is 4.46. The quantitative estimate of drug-likeness (QED) is 0.698. The van der Waals surface area contributed by atoms with Crippen molar-refractivity contribution < 1.29 is 9.21 Å². The fraction of sp³-hybridized carbons (Fsp3) is 0.333. The Labute approximate surface area is 136 Å². The summed E-state index contributed by atoms with van der Waals surface area (Å²) in [6, 6.07) is 12.0. The highest BCUT2D eigenvalue weighted by Crippen LogP contribution is 2.26. The summed E-state index contributed by atoms with van der Waals surface area (Å²) >= 11 is 0. The molecule has 1 aromatic carbocycles. The van der Waals surface area contributed by atoms with Crippen LogP contribution in [0.3, 0.4) is 0 Å². The fourth-order valence-electron chi connectivity index (χ4n) is 2.81. The lowest BCUT2D eigenvalue weighted by molar-refractivity contribution is -0.119. The first kappa shape index (κ1) is 15.3. The number of nitrogens with zero attached hydrogens (tertiary/aromatic N) is 2. The van der Waals surface area contributed by atoms with Gasteiger partial charge in [-0.2, -0.15) is 5.10 Å². The molecule has 2 heterocycles. The van der Waals surface area contributed by atoms with Gasteiger partial charge in [0.25, 0.3) is 5.91 Å². The van der Waals surface area contributed by atoms with Gasteiger partial charge >= 0.3 is 0 Å². The van der Waals surface area contributed by atoms with E-state index in [9.17, 15) is 4.79 Å². The van der Waals surface area contributed by atoms with E-state index in [0.29, 0.717) is 18.0 Å². The van der Waals surface area contributed by atoms with Gasteiger partial charge in [0, 0.05) is 12.2 Å². The number of fused-ring (bicyclic) bond motifs is 1. The summed E-state index contributed by atoms with van der Waals surface area (Å²) in [6.45, 7) is 4.90. The van der Waals surface area contributed by atoms with Crippen molar-refractivity contribution in [3.63, 3.8) is 0 Å². The van der Waals surface area contributed by atoms with Gasteiger partial charge in [-0.25, -0.2) is 5.43 Å². The Morgan fingerprint density at radius 2 is 2.13 bits per heavy atom.